The third-order valence-electron chi connectivity index (χ3n) is 2.59. The number of benzene rings is 2. The maximum Gasteiger partial charge on any atom is 0.0409 e. The second kappa shape index (κ2) is 4.50. The van der Waals surface area contributed by atoms with Crippen molar-refractivity contribution in [3.8, 4) is 0 Å². The first kappa shape index (κ1) is 10.3. The highest BCUT2D eigenvalue weighted by Crippen LogP contribution is 2.20. The van der Waals surface area contributed by atoms with Gasteiger partial charge in [0, 0.05) is 5.88 Å². The lowest BCUT2D eigenvalue weighted by atomic mass is 10.0. The van der Waals surface area contributed by atoms with Crippen molar-refractivity contribution in [2.24, 2.45) is 0 Å². The van der Waals surface area contributed by atoms with Crippen LogP contribution in [0.25, 0.3) is 16.3 Å². The number of alkyl halides is 1. The molecule has 0 radical (unpaired) electrons. The predicted molar refractivity (Wildman–Crippen MR) is 68.3 cm³/mol. The standard InChI is InChI=1S/C14H13Cl/c1-11(8-9-15)13-7-6-12-4-2-3-5-14(12)10-13/h2-8,10H,9H2,1H3/b11-8+. The molecule has 0 spiro atoms. The highest BCUT2D eigenvalue weighted by atomic mass is 35.5. The van der Waals surface area contributed by atoms with Crippen LogP contribution in [0, 0.1) is 0 Å². The van der Waals surface area contributed by atoms with Crippen LogP contribution in [0.1, 0.15) is 12.5 Å². The summed E-state index contributed by atoms with van der Waals surface area (Å²) in [5, 5.41) is 2.55. The number of hydrogen-bond acceptors (Lipinski definition) is 0. The molecule has 0 N–H and O–H groups in total. The molecule has 0 heterocycles. The van der Waals surface area contributed by atoms with Gasteiger partial charge in [0.15, 0.2) is 0 Å². The summed E-state index contributed by atoms with van der Waals surface area (Å²) in [5.74, 6) is 0.568. The highest BCUT2D eigenvalue weighted by molar-refractivity contribution is 6.19. The van der Waals surface area contributed by atoms with Crippen molar-refractivity contribution in [1.29, 1.82) is 0 Å². The summed E-state index contributed by atoms with van der Waals surface area (Å²) in [6, 6.07) is 14.9. The fourth-order valence-corrected chi connectivity index (χ4v) is 1.90. The topological polar surface area (TPSA) is 0 Å². The maximum absolute atomic E-state index is 5.69. The molecule has 0 saturated carbocycles. The Hall–Kier alpha value is -1.27. The van der Waals surface area contributed by atoms with Crippen LogP contribution >= 0.6 is 11.6 Å². The van der Waals surface area contributed by atoms with E-state index in [0.29, 0.717) is 5.88 Å². The molecule has 0 amide bonds. The molecule has 2 aromatic rings. The predicted octanol–water partition coefficient (Wildman–Crippen LogP) is 4.48. The van der Waals surface area contributed by atoms with E-state index in [4.69, 9.17) is 11.6 Å². The summed E-state index contributed by atoms with van der Waals surface area (Å²) in [6.07, 6.45) is 2.03. The molecule has 0 aromatic heterocycles. The average Bonchev–Trinajstić information content (AvgIpc) is 2.29. The molecule has 1 heteroatoms. The van der Waals surface area contributed by atoms with Crippen LogP contribution in [0.15, 0.2) is 48.5 Å². The van der Waals surface area contributed by atoms with Crippen LogP contribution in [-0.2, 0) is 0 Å². The van der Waals surface area contributed by atoms with Gasteiger partial charge < -0.3 is 0 Å². The van der Waals surface area contributed by atoms with Crippen molar-refractivity contribution >= 4 is 27.9 Å². The molecule has 0 aliphatic carbocycles. The van der Waals surface area contributed by atoms with E-state index in [0.717, 1.165) is 0 Å². The van der Waals surface area contributed by atoms with E-state index in [1.807, 2.05) is 6.08 Å². The molecule has 0 bridgehead atoms. The van der Waals surface area contributed by atoms with Crippen molar-refractivity contribution < 1.29 is 0 Å². The van der Waals surface area contributed by atoms with Gasteiger partial charge in [0.05, 0.1) is 0 Å². The molecular weight excluding hydrogens is 204 g/mol. The minimum atomic E-state index is 0.568. The first-order valence-electron chi connectivity index (χ1n) is 5.03. The van der Waals surface area contributed by atoms with Crippen molar-refractivity contribution in [3.05, 3.63) is 54.1 Å². The number of allylic oxidation sites excluding steroid dienone is 2. The largest absolute Gasteiger partial charge is 0.122 e. The normalized spacial score (nSPS) is 12.0. The SMILES string of the molecule is C/C(=C\CCl)c1ccc2ccccc2c1. The minimum absolute atomic E-state index is 0.568. The molecule has 0 fully saturated rings. The number of fused-ring (bicyclic) bond motifs is 1. The molecule has 2 rings (SSSR count). The van der Waals surface area contributed by atoms with Crippen molar-refractivity contribution in [3.63, 3.8) is 0 Å². The monoisotopic (exact) mass is 216 g/mol. The molecule has 0 aliphatic heterocycles. The number of halogens is 1. The zero-order chi connectivity index (χ0) is 10.7. The Balaban J connectivity index is 2.51. The molecular formula is C14H13Cl. The van der Waals surface area contributed by atoms with Crippen LogP contribution < -0.4 is 0 Å². The Morgan fingerprint density at radius 3 is 2.60 bits per heavy atom. The van der Waals surface area contributed by atoms with Gasteiger partial charge in [0.2, 0.25) is 0 Å². The van der Waals surface area contributed by atoms with E-state index in [1.165, 1.54) is 21.9 Å². The Bertz CT molecular complexity index is 497. The molecule has 0 saturated heterocycles. The van der Waals surface area contributed by atoms with Gasteiger partial charge in [0.1, 0.15) is 0 Å². The highest BCUT2D eigenvalue weighted by Gasteiger charge is 1.97. The molecule has 76 valence electrons. The van der Waals surface area contributed by atoms with Crippen LogP contribution in [0.2, 0.25) is 0 Å². The Morgan fingerprint density at radius 1 is 1.13 bits per heavy atom. The summed E-state index contributed by atoms with van der Waals surface area (Å²) in [4.78, 5) is 0. The lowest BCUT2D eigenvalue weighted by molar-refractivity contribution is 1.57. The Morgan fingerprint density at radius 2 is 1.87 bits per heavy atom. The van der Waals surface area contributed by atoms with Crippen molar-refractivity contribution in [1.82, 2.24) is 0 Å². The number of rotatable bonds is 2. The lowest BCUT2D eigenvalue weighted by Crippen LogP contribution is -1.81. The lowest BCUT2D eigenvalue weighted by Gasteiger charge is -2.03. The third kappa shape index (κ3) is 2.21. The van der Waals surface area contributed by atoms with Crippen LogP contribution in [-0.4, -0.2) is 5.88 Å². The van der Waals surface area contributed by atoms with Gasteiger partial charge in [-0.1, -0.05) is 42.5 Å². The van der Waals surface area contributed by atoms with Gasteiger partial charge in [-0.3, -0.25) is 0 Å². The van der Waals surface area contributed by atoms with Gasteiger partial charge in [0.25, 0.3) is 0 Å². The second-order valence-electron chi connectivity index (χ2n) is 3.60. The van der Waals surface area contributed by atoms with E-state index in [1.54, 1.807) is 0 Å². The summed E-state index contributed by atoms with van der Waals surface area (Å²) in [7, 11) is 0. The quantitative estimate of drug-likeness (QED) is 0.650. The van der Waals surface area contributed by atoms with Crippen LogP contribution in [0.5, 0.6) is 0 Å². The van der Waals surface area contributed by atoms with Crippen molar-refractivity contribution in [2.75, 3.05) is 5.88 Å². The van der Waals surface area contributed by atoms with E-state index >= 15 is 0 Å². The van der Waals surface area contributed by atoms with E-state index < -0.39 is 0 Å². The van der Waals surface area contributed by atoms with Gasteiger partial charge in [-0.15, -0.1) is 11.6 Å². The zero-order valence-corrected chi connectivity index (χ0v) is 9.46. The molecule has 15 heavy (non-hydrogen) atoms. The van der Waals surface area contributed by atoms with Gasteiger partial charge >= 0.3 is 0 Å². The second-order valence-corrected chi connectivity index (χ2v) is 3.91. The molecule has 2 aromatic carbocycles. The fraction of sp³-hybridized carbons (Fsp3) is 0.143. The first-order chi connectivity index (χ1) is 7.31. The fourth-order valence-electron chi connectivity index (χ4n) is 1.67. The average molecular weight is 217 g/mol. The van der Waals surface area contributed by atoms with Gasteiger partial charge in [-0.2, -0.15) is 0 Å². The minimum Gasteiger partial charge on any atom is -0.122 e. The van der Waals surface area contributed by atoms with E-state index in [2.05, 4.69) is 49.4 Å². The van der Waals surface area contributed by atoms with Gasteiger partial charge in [-0.05, 0) is 34.9 Å². The summed E-state index contributed by atoms with van der Waals surface area (Å²) >= 11 is 5.69. The molecule has 0 nitrogen and oxygen atoms in total. The third-order valence-corrected chi connectivity index (χ3v) is 2.74. The summed E-state index contributed by atoms with van der Waals surface area (Å²) < 4.78 is 0. The summed E-state index contributed by atoms with van der Waals surface area (Å²) in [6.45, 7) is 2.09. The van der Waals surface area contributed by atoms with Gasteiger partial charge in [-0.25, -0.2) is 0 Å². The smallest absolute Gasteiger partial charge is 0.0409 e. The van der Waals surface area contributed by atoms with Crippen LogP contribution in [0.4, 0.5) is 0 Å². The van der Waals surface area contributed by atoms with E-state index in [9.17, 15) is 0 Å². The molecule has 0 atom stereocenters. The molecule has 0 unspecified atom stereocenters. The summed E-state index contributed by atoms with van der Waals surface area (Å²) in [5.41, 5.74) is 2.48. The van der Waals surface area contributed by atoms with Crippen molar-refractivity contribution in [2.45, 2.75) is 6.92 Å². The van der Waals surface area contributed by atoms with Crippen LogP contribution in [0.3, 0.4) is 0 Å². The zero-order valence-electron chi connectivity index (χ0n) is 8.70. The Labute approximate surface area is 95.2 Å². The number of hydrogen-bond donors (Lipinski definition) is 0. The first-order valence-corrected chi connectivity index (χ1v) is 5.56. The molecule has 0 aliphatic rings. The van der Waals surface area contributed by atoms with E-state index in [-0.39, 0.29) is 0 Å². The maximum atomic E-state index is 5.69. The Kier molecular flexibility index (Phi) is 3.08.